The summed E-state index contributed by atoms with van der Waals surface area (Å²) in [6.45, 7) is 2.21. The molecule has 0 heterocycles. The first-order valence-electron chi connectivity index (χ1n) is 11.4. The van der Waals surface area contributed by atoms with E-state index in [0.717, 1.165) is 37.0 Å². The van der Waals surface area contributed by atoms with Crippen LogP contribution < -0.4 is 63.9 Å². The summed E-state index contributed by atoms with van der Waals surface area (Å²) >= 11 is 0. The van der Waals surface area contributed by atoms with Crippen LogP contribution in [0.1, 0.15) is 76.7 Å². The van der Waals surface area contributed by atoms with Gasteiger partial charge >= 0.3 is 59.1 Å². The molecule has 7 nitrogen and oxygen atoms in total. The average molecular weight is 543 g/mol. The number of hydrogen-bond acceptors (Lipinski definition) is 7. The van der Waals surface area contributed by atoms with Crippen molar-refractivity contribution in [3.05, 3.63) is 48.0 Å². The van der Waals surface area contributed by atoms with E-state index in [2.05, 4.69) is 6.92 Å². The summed E-state index contributed by atoms with van der Waals surface area (Å²) in [5.41, 5.74) is 0.740. The molecule has 0 radical (unpaired) electrons. The van der Waals surface area contributed by atoms with E-state index >= 15 is 0 Å². The smallest absolute Gasteiger partial charge is 0.744 e. The van der Waals surface area contributed by atoms with Crippen LogP contribution in [0.25, 0.3) is 0 Å². The molecule has 0 saturated carbocycles. The number of hydrogen-bond donors (Lipinski definition) is 0. The van der Waals surface area contributed by atoms with E-state index in [1.165, 1.54) is 69.2 Å². The van der Waals surface area contributed by atoms with Gasteiger partial charge in [-0.25, -0.2) is 16.8 Å². The second-order valence-corrected chi connectivity index (χ2v) is 10.9. The average Bonchev–Trinajstić information content (AvgIpc) is 2.75. The Labute approximate surface area is 254 Å². The van der Waals surface area contributed by atoms with Gasteiger partial charge in [-0.3, -0.25) is 0 Å². The van der Waals surface area contributed by atoms with Gasteiger partial charge < -0.3 is 13.8 Å². The number of aryl methyl sites for hydroxylation is 1. The Morgan fingerprint density at radius 1 is 0.686 bits per heavy atom. The number of ether oxygens (including phenoxy) is 1. The molecule has 0 aliphatic rings. The van der Waals surface area contributed by atoms with Crippen LogP contribution in [-0.4, -0.2) is 25.9 Å². The van der Waals surface area contributed by atoms with Crippen molar-refractivity contribution in [3.8, 4) is 11.5 Å². The van der Waals surface area contributed by atoms with Gasteiger partial charge in [0.15, 0.2) is 0 Å². The van der Waals surface area contributed by atoms with E-state index in [4.69, 9.17) is 4.74 Å². The van der Waals surface area contributed by atoms with Gasteiger partial charge in [0.1, 0.15) is 31.7 Å². The summed E-state index contributed by atoms with van der Waals surface area (Å²) in [5, 5.41) is 0. The van der Waals surface area contributed by atoms with E-state index in [-0.39, 0.29) is 70.6 Å². The molecule has 0 N–H and O–H groups in total. The predicted molar refractivity (Wildman–Crippen MR) is 124 cm³/mol. The van der Waals surface area contributed by atoms with Gasteiger partial charge in [0.2, 0.25) is 0 Å². The molecule has 0 atom stereocenters. The predicted octanol–water partition coefficient (Wildman–Crippen LogP) is -0.241. The SMILES string of the molecule is CCCCCCCCCCCCc1ccc(Oc2ccc(S(=O)(=O)[O-])cc2)c(S(=O)(=O)[O-])c1.[Na+].[Na+]. The Kier molecular flexibility index (Phi) is 17.6. The van der Waals surface area contributed by atoms with E-state index in [1.54, 1.807) is 6.07 Å². The maximum absolute atomic E-state index is 11.8. The van der Waals surface area contributed by atoms with E-state index < -0.39 is 30.0 Å². The Morgan fingerprint density at radius 2 is 1.20 bits per heavy atom. The van der Waals surface area contributed by atoms with Crippen LogP contribution in [0.2, 0.25) is 0 Å². The van der Waals surface area contributed by atoms with Crippen LogP contribution >= 0.6 is 0 Å². The minimum Gasteiger partial charge on any atom is -0.744 e. The molecule has 0 saturated heterocycles. The van der Waals surface area contributed by atoms with E-state index in [0.29, 0.717) is 6.42 Å². The Hall–Kier alpha value is 0.0600. The zero-order valence-electron chi connectivity index (χ0n) is 21.0. The van der Waals surface area contributed by atoms with Crippen LogP contribution in [0, 0.1) is 0 Å². The largest absolute Gasteiger partial charge is 1.00 e. The molecule has 11 heteroatoms. The summed E-state index contributed by atoms with van der Waals surface area (Å²) in [7, 11) is -9.38. The van der Waals surface area contributed by atoms with Crippen molar-refractivity contribution in [3.63, 3.8) is 0 Å². The molecule has 0 aliphatic carbocycles. The first-order valence-corrected chi connectivity index (χ1v) is 14.3. The van der Waals surface area contributed by atoms with E-state index in [1.807, 2.05) is 0 Å². The first kappa shape index (κ1) is 35.1. The number of rotatable bonds is 15. The number of benzene rings is 2. The molecule has 2 aromatic carbocycles. The third-order valence-electron chi connectivity index (χ3n) is 5.44. The van der Waals surface area contributed by atoms with Crippen molar-refractivity contribution in [1.82, 2.24) is 0 Å². The Balaban J connectivity index is 0.00000578. The van der Waals surface area contributed by atoms with Crippen molar-refractivity contribution < 1.29 is 89.8 Å². The molecule has 0 bridgehead atoms. The second kappa shape index (κ2) is 17.5. The molecule has 184 valence electrons. The van der Waals surface area contributed by atoms with E-state index in [9.17, 15) is 25.9 Å². The first-order chi connectivity index (χ1) is 15.6. The van der Waals surface area contributed by atoms with Crippen LogP contribution in [-0.2, 0) is 26.7 Å². The standard InChI is InChI=1S/C24H34O7S2.2Na/c1-2-3-4-5-6-7-8-9-10-11-12-20-13-18-23(24(19-20)33(28,29)30)31-21-14-16-22(17-15-21)32(25,26)27;;/h13-19H,2-12H2,1H3,(H,25,26,27)(H,28,29,30);;/q;2*+1/p-2. The van der Waals surface area contributed by atoms with Crippen molar-refractivity contribution in [1.29, 1.82) is 0 Å². The van der Waals surface area contributed by atoms with Crippen LogP contribution in [0.15, 0.2) is 52.3 Å². The summed E-state index contributed by atoms with van der Waals surface area (Å²) < 4.78 is 73.8. The molecule has 0 amide bonds. The maximum Gasteiger partial charge on any atom is 1.00 e. The van der Waals surface area contributed by atoms with Gasteiger partial charge in [0, 0.05) is 0 Å². The summed E-state index contributed by atoms with van der Waals surface area (Å²) in [5.74, 6) is -0.0377. The zero-order valence-corrected chi connectivity index (χ0v) is 26.6. The summed E-state index contributed by atoms with van der Waals surface area (Å²) in [6.07, 6.45) is 12.6. The zero-order chi connectivity index (χ0) is 24.3. The van der Waals surface area contributed by atoms with Crippen LogP contribution in [0.3, 0.4) is 0 Å². The van der Waals surface area contributed by atoms with Crippen molar-refractivity contribution in [2.75, 3.05) is 0 Å². The van der Waals surface area contributed by atoms with Gasteiger partial charge in [-0.05, 0) is 54.8 Å². The molecule has 35 heavy (non-hydrogen) atoms. The van der Waals surface area contributed by atoms with Gasteiger partial charge in [-0.2, -0.15) is 0 Å². The maximum atomic E-state index is 11.8. The van der Waals surface area contributed by atoms with Crippen molar-refractivity contribution >= 4 is 20.2 Å². The molecular weight excluding hydrogens is 510 g/mol. The minimum absolute atomic E-state index is 0. The van der Waals surface area contributed by atoms with Crippen LogP contribution in [0.5, 0.6) is 11.5 Å². The van der Waals surface area contributed by atoms with Gasteiger partial charge in [0.05, 0.1) is 9.79 Å². The Bertz CT molecular complexity index is 1090. The topological polar surface area (TPSA) is 124 Å². The quantitative estimate of drug-likeness (QED) is 0.173. The summed E-state index contributed by atoms with van der Waals surface area (Å²) in [6, 6.07) is 9.05. The summed E-state index contributed by atoms with van der Waals surface area (Å²) in [4.78, 5) is -0.897. The van der Waals surface area contributed by atoms with Gasteiger partial charge in [-0.1, -0.05) is 70.8 Å². The van der Waals surface area contributed by atoms with Gasteiger partial charge in [-0.15, -0.1) is 0 Å². The molecule has 0 fully saturated rings. The fraction of sp³-hybridized carbons (Fsp3) is 0.500. The molecule has 0 aromatic heterocycles. The fourth-order valence-electron chi connectivity index (χ4n) is 3.61. The minimum atomic E-state index is -4.78. The molecule has 0 aliphatic heterocycles. The molecular formula is C24H32Na2O7S2. The Morgan fingerprint density at radius 3 is 1.69 bits per heavy atom. The third-order valence-corrected chi connectivity index (χ3v) is 7.14. The molecule has 0 unspecified atom stereocenters. The molecule has 0 spiro atoms. The van der Waals surface area contributed by atoms with Crippen LogP contribution in [0.4, 0.5) is 0 Å². The third kappa shape index (κ3) is 13.4. The normalized spacial score (nSPS) is 11.4. The van der Waals surface area contributed by atoms with Crippen molar-refractivity contribution in [2.24, 2.45) is 0 Å². The van der Waals surface area contributed by atoms with Crippen molar-refractivity contribution in [2.45, 2.75) is 87.3 Å². The monoisotopic (exact) mass is 542 g/mol. The number of unbranched alkanes of at least 4 members (excludes halogenated alkanes) is 9. The molecule has 2 aromatic rings. The van der Waals surface area contributed by atoms with Gasteiger partial charge in [0.25, 0.3) is 0 Å². The molecule has 2 rings (SSSR count). The second-order valence-electron chi connectivity index (χ2n) is 8.19. The fourth-order valence-corrected chi connectivity index (χ4v) is 4.73.